The smallest absolute Gasteiger partial charge is 0.320 e. The normalized spacial score (nSPS) is 33.1. The summed E-state index contributed by atoms with van der Waals surface area (Å²) in [6.07, 6.45) is -9.89. The fraction of sp³-hybridized carbons (Fsp3) is 0.857. The van der Waals surface area contributed by atoms with Crippen molar-refractivity contribution in [2.45, 2.75) is 67.7 Å². The molecule has 0 amide bonds. The van der Waals surface area contributed by atoms with Crippen LogP contribution in [0.3, 0.4) is 0 Å². The van der Waals surface area contributed by atoms with E-state index in [1.807, 2.05) is 0 Å². The third-order valence-corrected chi connectivity index (χ3v) is 4.37. The molecule has 13 heteroatoms. The van der Waals surface area contributed by atoms with Crippen molar-refractivity contribution in [3.63, 3.8) is 0 Å². The SMILES string of the molecule is NC(CC(O)C(N)CC(NC1OC(CO)C(O)C(O)C1O)C(=O)O)C(=O)O. The number of nitrogens with two attached hydrogens (primary N) is 2. The van der Waals surface area contributed by atoms with Crippen molar-refractivity contribution >= 4 is 11.9 Å². The first-order valence-electron chi connectivity index (χ1n) is 8.21. The minimum atomic E-state index is -1.70. The summed E-state index contributed by atoms with van der Waals surface area (Å²) < 4.78 is 5.16. The summed E-state index contributed by atoms with van der Waals surface area (Å²) in [5.74, 6) is -2.77. The zero-order valence-corrected chi connectivity index (χ0v) is 14.3. The summed E-state index contributed by atoms with van der Waals surface area (Å²) in [5.41, 5.74) is 11.0. The average Bonchev–Trinajstić information content (AvgIpc) is 2.60. The first kappa shape index (κ1) is 23.6. The summed E-state index contributed by atoms with van der Waals surface area (Å²) >= 11 is 0. The van der Waals surface area contributed by atoms with Crippen LogP contribution >= 0.6 is 0 Å². The fourth-order valence-corrected chi connectivity index (χ4v) is 2.64. The van der Waals surface area contributed by atoms with Crippen molar-refractivity contribution in [1.29, 1.82) is 0 Å². The molecule has 12 N–H and O–H groups in total. The molecular formula is C14H27N3O10. The fourth-order valence-electron chi connectivity index (χ4n) is 2.64. The number of nitrogens with one attached hydrogen (secondary N) is 1. The molecule has 0 saturated carbocycles. The van der Waals surface area contributed by atoms with Gasteiger partial charge in [0.25, 0.3) is 0 Å². The number of carbonyl (C=O) groups is 2. The van der Waals surface area contributed by atoms with Gasteiger partial charge in [-0.1, -0.05) is 0 Å². The van der Waals surface area contributed by atoms with Gasteiger partial charge in [-0.05, 0) is 6.42 Å². The molecule has 9 atom stereocenters. The third kappa shape index (κ3) is 6.31. The average molecular weight is 397 g/mol. The molecule has 1 saturated heterocycles. The quantitative estimate of drug-likeness (QED) is 0.165. The zero-order valence-electron chi connectivity index (χ0n) is 14.3. The highest BCUT2D eigenvalue weighted by atomic mass is 16.6. The summed E-state index contributed by atoms with van der Waals surface area (Å²) in [4.78, 5) is 22.2. The second-order valence-corrected chi connectivity index (χ2v) is 6.45. The Balaban J connectivity index is 2.75. The molecule has 1 rings (SSSR count). The van der Waals surface area contributed by atoms with Crippen LogP contribution in [-0.2, 0) is 14.3 Å². The number of hydrogen-bond donors (Lipinski definition) is 10. The van der Waals surface area contributed by atoms with E-state index in [-0.39, 0.29) is 0 Å². The van der Waals surface area contributed by atoms with Gasteiger partial charge in [-0.25, -0.2) is 0 Å². The van der Waals surface area contributed by atoms with Crippen LogP contribution in [0, 0.1) is 0 Å². The van der Waals surface area contributed by atoms with Gasteiger partial charge in [0.05, 0.1) is 12.7 Å². The maximum absolute atomic E-state index is 11.4. The van der Waals surface area contributed by atoms with Gasteiger partial charge in [0.1, 0.15) is 42.7 Å². The van der Waals surface area contributed by atoms with E-state index < -0.39 is 86.3 Å². The van der Waals surface area contributed by atoms with E-state index in [0.29, 0.717) is 0 Å². The molecule has 0 aliphatic carbocycles. The van der Waals surface area contributed by atoms with E-state index in [9.17, 15) is 35.1 Å². The maximum atomic E-state index is 11.4. The number of aliphatic hydroxyl groups excluding tert-OH is 5. The number of carboxylic acid groups (broad SMARTS) is 2. The molecule has 0 aromatic rings. The van der Waals surface area contributed by atoms with Crippen molar-refractivity contribution in [3.05, 3.63) is 0 Å². The van der Waals surface area contributed by atoms with E-state index in [1.165, 1.54) is 0 Å². The minimum absolute atomic E-state index is 0.391. The van der Waals surface area contributed by atoms with Crippen molar-refractivity contribution in [2.75, 3.05) is 6.61 Å². The van der Waals surface area contributed by atoms with Crippen molar-refractivity contribution in [2.24, 2.45) is 11.5 Å². The molecule has 27 heavy (non-hydrogen) atoms. The Bertz CT molecular complexity index is 508. The lowest BCUT2D eigenvalue weighted by Gasteiger charge is -2.41. The Morgan fingerprint density at radius 1 is 1.00 bits per heavy atom. The Morgan fingerprint density at radius 3 is 2.07 bits per heavy atom. The summed E-state index contributed by atoms with van der Waals surface area (Å²) in [5, 5.41) is 68.9. The lowest BCUT2D eigenvalue weighted by atomic mass is 9.95. The predicted molar refractivity (Wildman–Crippen MR) is 87.2 cm³/mol. The van der Waals surface area contributed by atoms with Crippen LogP contribution in [0.2, 0.25) is 0 Å². The lowest BCUT2D eigenvalue weighted by molar-refractivity contribution is -0.238. The Labute approximate surface area is 154 Å². The molecule has 1 fully saturated rings. The van der Waals surface area contributed by atoms with Gasteiger partial charge in [-0.15, -0.1) is 0 Å². The summed E-state index contributed by atoms with van der Waals surface area (Å²) in [6, 6.07) is -4.02. The molecule has 158 valence electrons. The highest BCUT2D eigenvalue weighted by Gasteiger charge is 2.44. The first-order valence-corrected chi connectivity index (χ1v) is 8.21. The molecular weight excluding hydrogens is 370 g/mol. The van der Waals surface area contributed by atoms with Crippen LogP contribution < -0.4 is 16.8 Å². The van der Waals surface area contributed by atoms with E-state index in [1.54, 1.807) is 0 Å². The third-order valence-electron chi connectivity index (χ3n) is 4.37. The zero-order chi connectivity index (χ0) is 20.9. The van der Waals surface area contributed by atoms with Crippen LogP contribution in [-0.4, -0.2) is 109 Å². The van der Waals surface area contributed by atoms with Gasteiger partial charge >= 0.3 is 11.9 Å². The van der Waals surface area contributed by atoms with Gasteiger partial charge in [-0.3, -0.25) is 14.9 Å². The molecule has 0 radical (unpaired) electrons. The van der Waals surface area contributed by atoms with Gasteiger partial charge in [-0.2, -0.15) is 0 Å². The number of aliphatic hydroxyl groups is 5. The standard InChI is InChI=1S/C14H27N3O10/c15-4(7(19)2-5(16)13(23)24)1-6(14(25)26)17-12-11(22)10(21)9(20)8(3-18)27-12/h4-12,17-22H,1-3,15-16H2,(H,23,24)(H,25,26). The second-order valence-electron chi connectivity index (χ2n) is 6.45. The van der Waals surface area contributed by atoms with E-state index in [4.69, 9.17) is 26.4 Å². The number of carboxylic acids is 2. The molecule has 9 unspecified atom stereocenters. The number of rotatable bonds is 10. The van der Waals surface area contributed by atoms with E-state index >= 15 is 0 Å². The monoisotopic (exact) mass is 397 g/mol. The van der Waals surface area contributed by atoms with Gasteiger partial charge < -0.3 is 51.9 Å². The minimum Gasteiger partial charge on any atom is -0.480 e. The molecule has 0 aromatic carbocycles. The van der Waals surface area contributed by atoms with Gasteiger partial charge in [0.2, 0.25) is 0 Å². The predicted octanol–water partition coefficient (Wildman–Crippen LogP) is -5.29. The Morgan fingerprint density at radius 2 is 1.59 bits per heavy atom. The highest BCUT2D eigenvalue weighted by Crippen LogP contribution is 2.20. The molecule has 0 aromatic heterocycles. The molecule has 0 bridgehead atoms. The highest BCUT2D eigenvalue weighted by molar-refractivity contribution is 5.74. The second kappa shape index (κ2) is 10.2. The van der Waals surface area contributed by atoms with Gasteiger partial charge in [0.15, 0.2) is 0 Å². The van der Waals surface area contributed by atoms with Crippen LogP contribution in [0.25, 0.3) is 0 Å². The summed E-state index contributed by atoms with van der Waals surface area (Å²) in [6.45, 7) is -0.688. The van der Waals surface area contributed by atoms with Crippen LogP contribution in [0.4, 0.5) is 0 Å². The molecule has 13 nitrogen and oxygen atoms in total. The van der Waals surface area contributed by atoms with Crippen LogP contribution in [0.15, 0.2) is 0 Å². The Kier molecular flexibility index (Phi) is 8.93. The van der Waals surface area contributed by atoms with E-state index in [0.717, 1.165) is 0 Å². The molecule has 1 aliphatic heterocycles. The Hall–Kier alpha value is -1.42. The maximum Gasteiger partial charge on any atom is 0.320 e. The summed E-state index contributed by atoms with van der Waals surface area (Å²) in [7, 11) is 0. The van der Waals surface area contributed by atoms with Gasteiger partial charge in [0, 0.05) is 12.5 Å². The molecule has 1 heterocycles. The van der Waals surface area contributed by atoms with Crippen LogP contribution in [0.1, 0.15) is 12.8 Å². The first-order chi connectivity index (χ1) is 12.5. The van der Waals surface area contributed by atoms with Crippen molar-refractivity contribution in [1.82, 2.24) is 5.32 Å². The number of ether oxygens (including phenoxy) is 1. The van der Waals surface area contributed by atoms with Crippen LogP contribution in [0.5, 0.6) is 0 Å². The van der Waals surface area contributed by atoms with Crippen molar-refractivity contribution in [3.8, 4) is 0 Å². The number of hydrogen-bond acceptors (Lipinski definition) is 11. The van der Waals surface area contributed by atoms with Crippen molar-refractivity contribution < 1.29 is 50.1 Å². The topological polar surface area (TPSA) is 249 Å². The number of aliphatic carboxylic acids is 2. The lowest BCUT2D eigenvalue weighted by Crippen LogP contribution is -2.64. The largest absolute Gasteiger partial charge is 0.480 e. The molecule has 1 aliphatic rings. The van der Waals surface area contributed by atoms with E-state index in [2.05, 4.69) is 5.32 Å². The molecule has 0 spiro atoms.